The number of benzene rings is 3. The van der Waals surface area contributed by atoms with Gasteiger partial charge >= 0.3 is 0 Å². The first-order valence-electron chi connectivity index (χ1n) is 11.3. The van der Waals surface area contributed by atoms with Gasteiger partial charge in [-0.2, -0.15) is 0 Å². The molecule has 1 aliphatic heterocycles. The molecule has 1 saturated heterocycles. The van der Waals surface area contributed by atoms with Crippen LogP contribution < -0.4 is 4.74 Å². The van der Waals surface area contributed by atoms with Gasteiger partial charge in [0.2, 0.25) is 5.91 Å². The maximum atomic E-state index is 13.5. The van der Waals surface area contributed by atoms with Gasteiger partial charge in [0.25, 0.3) is 0 Å². The van der Waals surface area contributed by atoms with Crippen LogP contribution in [0.3, 0.4) is 0 Å². The van der Waals surface area contributed by atoms with E-state index in [0.717, 1.165) is 37.4 Å². The Morgan fingerprint density at radius 2 is 1.62 bits per heavy atom. The highest BCUT2D eigenvalue weighted by molar-refractivity contribution is 5.79. The molecule has 3 aromatic carbocycles. The van der Waals surface area contributed by atoms with E-state index in [1.807, 2.05) is 24.3 Å². The number of carbonyl (C=O) groups is 1. The molecule has 0 spiro atoms. The van der Waals surface area contributed by atoms with Crippen molar-refractivity contribution in [3.05, 3.63) is 101 Å². The van der Waals surface area contributed by atoms with Crippen LogP contribution in [0.1, 0.15) is 28.7 Å². The van der Waals surface area contributed by atoms with E-state index in [0.29, 0.717) is 13.0 Å². The molecule has 1 amide bonds. The zero-order valence-corrected chi connectivity index (χ0v) is 19.0. The van der Waals surface area contributed by atoms with E-state index < -0.39 is 0 Å². The molecule has 32 heavy (non-hydrogen) atoms. The molecule has 0 aromatic heterocycles. The highest BCUT2D eigenvalue weighted by Gasteiger charge is 2.30. The molecule has 0 unspecified atom stereocenters. The first-order valence-corrected chi connectivity index (χ1v) is 11.3. The van der Waals surface area contributed by atoms with Crippen molar-refractivity contribution in [3.63, 3.8) is 0 Å². The Morgan fingerprint density at radius 1 is 0.938 bits per heavy atom. The average Bonchev–Trinajstić information content (AvgIpc) is 3.27. The van der Waals surface area contributed by atoms with E-state index in [9.17, 15) is 4.79 Å². The summed E-state index contributed by atoms with van der Waals surface area (Å²) < 4.78 is 5.25. The molecule has 166 valence electrons. The van der Waals surface area contributed by atoms with E-state index in [-0.39, 0.29) is 11.9 Å². The fourth-order valence-electron chi connectivity index (χ4n) is 4.38. The SMILES string of the molecule is COc1ccc(CC(=O)N(Cc2ccc(C)cc2)[C@@H]2CCN(Cc3ccccc3)C2)cc1. The number of likely N-dealkylation sites (tertiary alicyclic amines) is 1. The number of rotatable bonds is 8. The van der Waals surface area contributed by atoms with Crippen molar-refractivity contribution in [1.82, 2.24) is 9.80 Å². The van der Waals surface area contributed by atoms with Crippen LogP contribution in [0.5, 0.6) is 5.75 Å². The Labute approximate surface area is 191 Å². The average molecular weight is 429 g/mol. The van der Waals surface area contributed by atoms with Gasteiger partial charge in [0, 0.05) is 32.2 Å². The summed E-state index contributed by atoms with van der Waals surface area (Å²) in [5, 5.41) is 0. The topological polar surface area (TPSA) is 32.8 Å². The van der Waals surface area contributed by atoms with E-state index in [2.05, 4.69) is 71.3 Å². The standard InChI is InChI=1S/C28H32N2O2/c1-22-8-10-25(11-9-22)20-30(28(31)18-23-12-14-27(32-2)15-13-23)26-16-17-29(21-26)19-24-6-4-3-5-7-24/h3-15,26H,16-21H2,1-2H3/t26-/m1/s1. The normalized spacial score (nSPS) is 16.1. The summed E-state index contributed by atoms with van der Waals surface area (Å²) in [6.45, 7) is 5.60. The molecule has 0 radical (unpaired) electrons. The lowest BCUT2D eigenvalue weighted by Gasteiger charge is -2.30. The Bertz CT molecular complexity index is 1000. The molecular formula is C28H32N2O2. The first kappa shape index (κ1) is 22.1. The van der Waals surface area contributed by atoms with Crippen LogP contribution >= 0.6 is 0 Å². The fourth-order valence-corrected chi connectivity index (χ4v) is 4.38. The third-order valence-electron chi connectivity index (χ3n) is 6.25. The minimum atomic E-state index is 0.183. The molecule has 1 fully saturated rings. The maximum Gasteiger partial charge on any atom is 0.227 e. The molecule has 4 rings (SSSR count). The lowest BCUT2D eigenvalue weighted by molar-refractivity contribution is -0.133. The predicted molar refractivity (Wildman–Crippen MR) is 129 cm³/mol. The second-order valence-corrected chi connectivity index (χ2v) is 8.70. The summed E-state index contributed by atoms with van der Waals surface area (Å²) in [5.74, 6) is 0.993. The minimum Gasteiger partial charge on any atom is -0.497 e. The van der Waals surface area contributed by atoms with Gasteiger partial charge in [0.1, 0.15) is 5.75 Å². The Kier molecular flexibility index (Phi) is 7.23. The molecule has 0 saturated carbocycles. The summed E-state index contributed by atoms with van der Waals surface area (Å²) in [7, 11) is 1.66. The number of amides is 1. The number of hydrogen-bond donors (Lipinski definition) is 0. The van der Waals surface area contributed by atoms with Gasteiger partial charge in [-0.15, -0.1) is 0 Å². The summed E-state index contributed by atoms with van der Waals surface area (Å²) >= 11 is 0. The van der Waals surface area contributed by atoms with Crippen molar-refractivity contribution < 1.29 is 9.53 Å². The van der Waals surface area contributed by atoms with Crippen molar-refractivity contribution in [2.24, 2.45) is 0 Å². The molecule has 0 aliphatic carbocycles. The number of nitrogens with zero attached hydrogens (tertiary/aromatic N) is 2. The number of hydrogen-bond acceptors (Lipinski definition) is 3. The molecule has 4 heteroatoms. The van der Waals surface area contributed by atoms with Crippen molar-refractivity contribution in [1.29, 1.82) is 0 Å². The van der Waals surface area contributed by atoms with Gasteiger partial charge in [-0.05, 0) is 42.2 Å². The van der Waals surface area contributed by atoms with Crippen molar-refractivity contribution in [2.75, 3.05) is 20.2 Å². The second-order valence-electron chi connectivity index (χ2n) is 8.70. The van der Waals surface area contributed by atoms with Gasteiger partial charge in [-0.1, -0.05) is 72.3 Å². The number of methoxy groups -OCH3 is 1. The number of aryl methyl sites for hydroxylation is 1. The van der Waals surface area contributed by atoms with E-state index >= 15 is 0 Å². The molecule has 1 atom stereocenters. The minimum absolute atomic E-state index is 0.183. The zero-order valence-electron chi connectivity index (χ0n) is 19.0. The monoisotopic (exact) mass is 428 g/mol. The fraction of sp³-hybridized carbons (Fsp3) is 0.321. The first-order chi connectivity index (χ1) is 15.6. The van der Waals surface area contributed by atoms with Gasteiger partial charge in [0.15, 0.2) is 0 Å². The van der Waals surface area contributed by atoms with Gasteiger partial charge in [-0.3, -0.25) is 9.69 Å². The molecule has 1 aliphatic rings. The molecule has 0 bridgehead atoms. The third-order valence-corrected chi connectivity index (χ3v) is 6.25. The quantitative estimate of drug-likeness (QED) is 0.514. The smallest absolute Gasteiger partial charge is 0.227 e. The third kappa shape index (κ3) is 5.77. The maximum absolute atomic E-state index is 13.5. The largest absolute Gasteiger partial charge is 0.497 e. The summed E-state index contributed by atoms with van der Waals surface area (Å²) in [5.41, 5.74) is 4.76. The highest BCUT2D eigenvalue weighted by Crippen LogP contribution is 2.22. The zero-order chi connectivity index (χ0) is 22.3. The van der Waals surface area contributed by atoms with Crippen LogP contribution in [0.25, 0.3) is 0 Å². The molecule has 1 heterocycles. The van der Waals surface area contributed by atoms with Crippen LogP contribution in [0.15, 0.2) is 78.9 Å². The van der Waals surface area contributed by atoms with Crippen LogP contribution in [0.2, 0.25) is 0 Å². The summed E-state index contributed by atoms with van der Waals surface area (Å²) in [6, 6.07) is 27.1. The summed E-state index contributed by atoms with van der Waals surface area (Å²) in [6.07, 6.45) is 1.41. The van der Waals surface area contributed by atoms with E-state index in [4.69, 9.17) is 4.74 Å². The van der Waals surface area contributed by atoms with Gasteiger partial charge in [0.05, 0.1) is 13.5 Å². The van der Waals surface area contributed by atoms with E-state index in [1.54, 1.807) is 7.11 Å². The van der Waals surface area contributed by atoms with Crippen molar-refractivity contribution in [3.8, 4) is 5.75 Å². The molecule has 0 N–H and O–H groups in total. The number of ether oxygens (including phenoxy) is 1. The highest BCUT2D eigenvalue weighted by atomic mass is 16.5. The van der Waals surface area contributed by atoms with Crippen LogP contribution in [-0.4, -0.2) is 41.9 Å². The second kappa shape index (κ2) is 10.5. The molecule has 3 aromatic rings. The predicted octanol–water partition coefficient (Wildman–Crippen LogP) is 4.85. The van der Waals surface area contributed by atoms with Crippen LogP contribution in [-0.2, 0) is 24.3 Å². The summed E-state index contributed by atoms with van der Waals surface area (Å²) in [4.78, 5) is 18.0. The Hall–Kier alpha value is -3.11. The number of carbonyl (C=O) groups excluding carboxylic acids is 1. The van der Waals surface area contributed by atoms with Gasteiger partial charge < -0.3 is 9.64 Å². The van der Waals surface area contributed by atoms with E-state index in [1.165, 1.54) is 16.7 Å². The molecular weight excluding hydrogens is 396 g/mol. The lowest BCUT2D eigenvalue weighted by Crippen LogP contribution is -2.42. The van der Waals surface area contributed by atoms with Crippen LogP contribution in [0, 0.1) is 6.92 Å². The van der Waals surface area contributed by atoms with Crippen LogP contribution in [0.4, 0.5) is 0 Å². The van der Waals surface area contributed by atoms with Crippen molar-refractivity contribution in [2.45, 2.75) is 38.9 Å². The lowest BCUT2D eigenvalue weighted by atomic mass is 10.1. The Morgan fingerprint density at radius 3 is 2.31 bits per heavy atom. The van der Waals surface area contributed by atoms with Gasteiger partial charge in [-0.25, -0.2) is 0 Å². The van der Waals surface area contributed by atoms with Crippen molar-refractivity contribution >= 4 is 5.91 Å². The Balaban J connectivity index is 1.47. The molecule has 4 nitrogen and oxygen atoms in total.